The molecule has 0 spiro atoms. The van der Waals surface area contributed by atoms with E-state index in [1.807, 2.05) is 60.1 Å². The Morgan fingerprint density at radius 3 is 2.26 bits per heavy atom. The third kappa shape index (κ3) is 3.34. The molecule has 0 aliphatic heterocycles. The minimum Gasteiger partial charge on any atom is -0.497 e. The van der Waals surface area contributed by atoms with Crippen LogP contribution in [0.5, 0.6) is 5.75 Å². The first-order chi connectivity index (χ1) is 15.0. The monoisotopic (exact) mass is 418 g/mol. The van der Waals surface area contributed by atoms with Crippen LogP contribution in [-0.2, 0) is 9.47 Å². The number of hydrogen-bond acceptors (Lipinski definition) is 5. The van der Waals surface area contributed by atoms with Crippen molar-refractivity contribution in [3.63, 3.8) is 0 Å². The maximum Gasteiger partial charge on any atom is 0.356 e. The maximum atomic E-state index is 12.7. The second-order valence-corrected chi connectivity index (χ2v) is 6.96. The molecule has 4 aromatic rings. The van der Waals surface area contributed by atoms with Gasteiger partial charge in [-0.15, -0.1) is 0 Å². The zero-order chi connectivity index (χ0) is 22.1. The van der Waals surface area contributed by atoms with Crippen LogP contribution in [0, 0.1) is 6.92 Å². The Morgan fingerprint density at radius 2 is 1.55 bits per heavy atom. The molecule has 0 bridgehead atoms. The highest BCUT2D eigenvalue weighted by molar-refractivity contribution is 5.97. The predicted molar refractivity (Wildman–Crippen MR) is 117 cm³/mol. The van der Waals surface area contributed by atoms with Gasteiger partial charge in [-0.3, -0.25) is 4.68 Å². The minimum absolute atomic E-state index is 0.336. The fraction of sp³-hybridized carbons (Fsp3) is 0.167. The molecule has 0 radical (unpaired) electrons. The van der Waals surface area contributed by atoms with Crippen LogP contribution in [0.25, 0.3) is 22.2 Å². The summed E-state index contributed by atoms with van der Waals surface area (Å²) in [5.74, 6) is -0.273. The van der Waals surface area contributed by atoms with E-state index in [0.29, 0.717) is 28.4 Å². The molecule has 0 atom stereocenters. The Hall–Kier alpha value is -4.00. The Labute approximate surface area is 179 Å². The molecule has 0 aliphatic carbocycles. The van der Waals surface area contributed by atoms with Gasteiger partial charge in [-0.2, -0.15) is 0 Å². The SMILES string of the molecule is COC(=O)c1cc(-c2cccc(OC)c2)n(-n2c(C(=O)OC)cc3ccccc32)c1C. The molecule has 0 unspecified atom stereocenters. The zero-order valence-electron chi connectivity index (χ0n) is 17.7. The van der Waals surface area contributed by atoms with E-state index in [1.165, 1.54) is 14.2 Å². The van der Waals surface area contributed by atoms with Crippen LogP contribution in [0.15, 0.2) is 60.7 Å². The lowest BCUT2D eigenvalue weighted by Crippen LogP contribution is -2.19. The van der Waals surface area contributed by atoms with E-state index < -0.39 is 11.9 Å². The van der Waals surface area contributed by atoms with Gasteiger partial charge >= 0.3 is 11.9 Å². The van der Waals surface area contributed by atoms with E-state index in [4.69, 9.17) is 14.2 Å². The van der Waals surface area contributed by atoms with Gasteiger partial charge in [-0.05, 0) is 37.3 Å². The Balaban J connectivity index is 2.11. The molecule has 0 saturated carbocycles. The molecule has 31 heavy (non-hydrogen) atoms. The highest BCUT2D eigenvalue weighted by atomic mass is 16.5. The first kappa shape index (κ1) is 20.3. The third-order valence-corrected chi connectivity index (χ3v) is 5.27. The van der Waals surface area contributed by atoms with Crippen molar-refractivity contribution in [1.82, 2.24) is 9.35 Å². The molecule has 2 heterocycles. The first-order valence-corrected chi connectivity index (χ1v) is 9.64. The number of aromatic nitrogens is 2. The van der Waals surface area contributed by atoms with Gasteiger partial charge in [0.15, 0.2) is 0 Å². The zero-order valence-corrected chi connectivity index (χ0v) is 17.7. The van der Waals surface area contributed by atoms with Gasteiger partial charge in [0.05, 0.1) is 43.8 Å². The van der Waals surface area contributed by atoms with E-state index in [9.17, 15) is 9.59 Å². The van der Waals surface area contributed by atoms with Gasteiger partial charge in [0, 0.05) is 10.9 Å². The Morgan fingerprint density at radius 1 is 0.806 bits per heavy atom. The average Bonchev–Trinajstić information content (AvgIpc) is 3.35. The maximum absolute atomic E-state index is 12.7. The van der Waals surface area contributed by atoms with Gasteiger partial charge in [0.2, 0.25) is 0 Å². The van der Waals surface area contributed by atoms with Crippen molar-refractivity contribution in [3.05, 3.63) is 77.6 Å². The summed E-state index contributed by atoms with van der Waals surface area (Å²) in [6.07, 6.45) is 0. The van der Waals surface area contributed by atoms with Crippen LogP contribution in [-0.4, -0.2) is 42.6 Å². The Bertz CT molecular complexity index is 1300. The summed E-state index contributed by atoms with van der Waals surface area (Å²) in [4.78, 5) is 25.2. The lowest BCUT2D eigenvalue weighted by atomic mass is 10.1. The highest BCUT2D eigenvalue weighted by Gasteiger charge is 2.25. The molecule has 0 amide bonds. The van der Waals surface area contributed by atoms with Crippen molar-refractivity contribution in [3.8, 4) is 17.0 Å². The molecule has 7 nitrogen and oxygen atoms in total. The molecular weight excluding hydrogens is 396 g/mol. The highest BCUT2D eigenvalue weighted by Crippen LogP contribution is 2.32. The summed E-state index contributed by atoms with van der Waals surface area (Å²) in [6, 6.07) is 18.7. The molecule has 7 heteroatoms. The van der Waals surface area contributed by atoms with Crippen LogP contribution >= 0.6 is 0 Å². The van der Waals surface area contributed by atoms with Crippen molar-refractivity contribution in [2.24, 2.45) is 0 Å². The van der Waals surface area contributed by atoms with Crippen LogP contribution in [0.1, 0.15) is 26.5 Å². The van der Waals surface area contributed by atoms with E-state index >= 15 is 0 Å². The van der Waals surface area contributed by atoms with E-state index in [-0.39, 0.29) is 0 Å². The number of fused-ring (bicyclic) bond motifs is 1. The predicted octanol–water partition coefficient (Wildman–Crippen LogP) is 4.31. The number of ether oxygens (including phenoxy) is 3. The van der Waals surface area contributed by atoms with Gasteiger partial charge in [0.1, 0.15) is 11.4 Å². The summed E-state index contributed by atoms with van der Waals surface area (Å²) < 4.78 is 19.0. The summed E-state index contributed by atoms with van der Waals surface area (Å²) in [5.41, 5.74) is 3.66. The normalized spacial score (nSPS) is 10.8. The number of hydrogen-bond donors (Lipinski definition) is 0. The fourth-order valence-corrected chi connectivity index (χ4v) is 3.77. The van der Waals surface area contributed by atoms with Crippen molar-refractivity contribution in [1.29, 1.82) is 0 Å². The second-order valence-electron chi connectivity index (χ2n) is 6.96. The number of nitrogens with zero attached hydrogens (tertiary/aromatic N) is 2. The molecule has 2 aromatic heterocycles. The molecule has 0 saturated heterocycles. The molecule has 2 aromatic carbocycles. The second kappa shape index (κ2) is 8.02. The van der Waals surface area contributed by atoms with Crippen LogP contribution < -0.4 is 4.74 Å². The average molecular weight is 418 g/mol. The van der Waals surface area contributed by atoms with Gasteiger partial charge in [-0.25, -0.2) is 14.3 Å². The number of methoxy groups -OCH3 is 3. The van der Waals surface area contributed by atoms with E-state index in [2.05, 4.69) is 0 Å². The summed E-state index contributed by atoms with van der Waals surface area (Å²) in [7, 11) is 4.28. The lowest BCUT2D eigenvalue weighted by Gasteiger charge is -2.18. The first-order valence-electron chi connectivity index (χ1n) is 9.64. The molecular formula is C24H22N2O5. The van der Waals surface area contributed by atoms with Crippen molar-refractivity contribution >= 4 is 22.8 Å². The molecule has 0 aliphatic rings. The minimum atomic E-state index is -0.486. The van der Waals surface area contributed by atoms with E-state index in [0.717, 1.165) is 16.5 Å². The lowest BCUT2D eigenvalue weighted by molar-refractivity contribution is 0.0585. The van der Waals surface area contributed by atoms with Crippen LogP contribution in [0.4, 0.5) is 0 Å². The number of esters is 2. The summed E-state index contributed by atoms with van der Waals surface area (Å²) >= 11 is 0. The van der Waals surface area contributed by atoms with Gasteiger partial charge in [-0.1, -0.05) is 30.3 Å². The molecule has 4 rings (SSSR count). The van der Waals surface area contributed by atoms with Crippen molar-refractivity contribution in [2.75, 3.05) is 21.3 Å². The molecule has 0 fully saturated rings. The number of benzene rings is 2. The van der Waals surface area contributed by atoms with Crippen LogP contribution in [0.3, 0.4) is 0 Å². The third-order valence-electron chi connectivity index (χ3n) is 5.27. The smallest absolute Gasteiger partial charge is 0.356 e. The standard InChI is InChI=1S/C24H22N2O5/c1-15-19(23(27)30-3)14-21(16-9-7-10-18(12-16)29-2)25(15)26-20-11-6-5-8-17(20)13-22(26)24(28)31-4/h5-14H,1-4H3. The van der Waals surface area contributed by atoms with Crippen molar-refractivity contribution in [2.45, 2.75) is 6.92 Å². The van der Waals surface area contributed by atoms with Crippen molar-refractivity contribution < 1.29 is 23.8 Å². The number of carbonyl (C=O) groups is 2. The topological polar surface area (TPSA) is 71.7 Å². The largest absolute Gasteiger partial charge is 0.497 e. The number of rotatable bonds is 5. The fourth-order valence-electron chi connectivity index (χ4n) is 3.77. The Kier molecular flexibility index (Phi) is 5.25. The molecule has 0 N–H and O–H groups in total. The van der Waals surface area contributed by atoms with E-state index in [1.54, 1.807) is 23.9 Å². The number of carbonyl (C=O) groups excluding carboxylic acids is 2. The number of para-hydroxylation sites is 1. The molecule has 158 valence electrons. The summed E-state index contributed by atoms with van der Waals surface area (Å²) in [6.45, 7) is 1.81. The van der Waals surface area contributed by atoms with Gasteiger partial charge < -0.3 is 14.2 Å². The van der Waals surface area contributed by atoms with Crippen LogP contribution in [0.2, 0.25) is 0 Å². The summed E-state index contributed by atoms with van der Waals surface area (Å²) in [5, 5.41) is 0.868. The quantitative estimate of drug-likeness (QED) is 0.452. The van der Waals surface area contributed by atoms with Gasteiger partial charge in [0.25, 0.3) is 0 Å².